The van der Waals surface area contributed by atoms with Gasteiger partial charge in [-0.1, -0.05) is 22.0 Å². The number of halogens is 1. The van der Waals surface area contributed by atoms with Crippen LogP contribution in [0, 0.1) is 6.92 Å². The lowest BCUT2D eigenvalue weighted by Crippen LogP contribution is -2.21. The van der Waals surface area contributed by atoms with Crippen molar-refractivity contribution in [3.05, 3.63) is 28.2 Å². The molecule has 0 saturated heterocycles. The van der Waals surface area contributed by atoms with Crippen molar-refractivity contribution in [1.82, 2.24) is 0 Å². The number of carbonyl (C=O) groups excluding carboxylic acids is 1. The van der Waals surface area contributed by atoms with E-state index in [-0.39, 0.29) is 12.5 Å². The van der Waals surface area contributed by atoms with Gasteiger partial charge in [0.2, 0.25) is 5.91 Å². The van der Waals surface area contributed by atoms with Crippen LogP contribution in [0.5, 0.6) is 0 Å². The number of aryl methyl sites for hydroxylation is 1. The molecule has 0 heterocycles. The minimum Gasteiger partial charge on any atom is -0.480 e. The third kappa shape index (κ3) is 4.97. The van der Waals surface area contributed by atoms with E-state index in [9.17, 15) is 9.59 Å². The second kappa shape index (κ2) is 6.36. The van der Waals surface area contributed by atoms with Crippen LogP contribution in [0.1, 0.15) is 5.56 Å². The zero-order chi connectivity index (χ0) is 12.8. The summed E-state index contributed by atoms with van der Waals surface area (Å²) >= 11 is 3.30. The van der Waals surface area contributed by atoms with Gasteiger partial charge in [-0.15, -0.1) is 0 Å². The maximum Gasteiger partial charge on any atom is 0.329 e. The van der Waals surface area contributed by atoms with E-state index in [1.807, 2.05) is 19.1 Å². The largest absolute Gasteiger partial charge is 0.480 e. The molecule has 1 aromatic rings. The predicted octanol–water partition coefficient (Wildman–Crippen LogP) is 1.80. The molecule has 2 N–H and O–H groups in total. The highest BCUT2D eigenvalue weighted by molar-refractivity contribution is 9.10. The van der Waals surface area contributed by atoms with Crippen LogP contribution < -0.4 is 5.32 Å². The van der Waals surface area contributed by atoms with Gasteiger partial charge < -0.3 is 15.2 Å². The average molecular weight is 302 g/mol. The Labute approximate surface area is 107 Å². The zero-order valence-corrected chi connectivity index (χ0v) is 10.8. The molecule has 5 nitrogen and oxygen atoms in total. The van der Waals surface area contributed by atoms with E-state index in [0.29, 0.717) is 5.69 Å². The Morgan fingerprint density at radius 2 is 2.12 bits per heavy atom. The van der Waals surface area contributed by atoms with Crippen LogP contribution in [0.2, 0.25) is 0 Å². The molecular formula is C11H12BrNO4. The fourth-order valence-corrected chi connectivity index (χ4v) is 1.51. The highest BCUT2D eigenvalue weighted by Gasteiger charge is 2.06. The van der Waals surface area contributed by atoms with Gasteiger partial charge in [-0.2, -0.15) is 0 Å². The van der Waals surface area contributed by atoms with E-state index in [2.05, 4.69) is 26.0 Å². The molecule has 0 aliphatic carbocycles. The standard InChI is InChI=1S/C11H12BrNO4/c1-7-2-3-8(12)4-9(7)13-10(14)5-17-6-11(15)16/h2-4H,5-6H2,1H3,(H,13,14)(H,15,16). The molecule has 0 aromatic heterocycles. The Hall–Kier alpha value is -1.40. The molecule has 92 valence electrons. The molecule has 0 aliphatic rings. The third-order valence-corrected chi connectivity index (χ3v) is 2.43. The van der Waals surface area contributed by atoms with Crippen LogP contribution in [0.25, 0.3) is 0 Å². The van der Waals surface area contributed by atoms with Gasteiger partial charge in [-0.05, 0) is 24.6 Å². The summed E-state index contributed by atoms with van der Waals surface area (Å²) in [7, 11) is 0. The number of carbonyl (C=O) groups is 2. The Bertz CT molecular complexity index is 433. The molecule has 0 saturated carbocycles. The first-order chi connectivity index (χ1) is 7.99. The van der Waals surface area contributed by atoms with Gasteiger partial charge in [0.05, 0.1) is 0 Å². The smallest absolute Gasteiger partial charge is 0.329 e. The topological polar surface area (TPSA) is 75.6 Å². The summed E-state index contributed by atoms with van der Waals surface area (Å²) in [6.07, 6.45) is 0. The average Bonchev–Trinajstić information content (AvgIpc) is 2.23. The summed E-state index contributed by atoms with van der Waals surface area (Å²) in [6, 6.07) is 5.49. The Balaban J connectivity index is 2.50. The summed E-state index contributed by atoms with van der Waals surface area (Å²) in [6.45, 7) is 1.10. The van der Waals surface area contributed by atoms with Crippen LogP contribution in [0.3, 0.4) is 0 Å². The maximum atomic E-state index is 11.4. The molecule has 1 rings (SSSR count). The molecule has 0 aliphatic heterocycles. The first kappa shape index (κ1) is 13.7. The third-order valence-electron chi connectivity index (χ3n) is 1.93. The monoisotopic (exact) mass is 301 g/mol. The van der Waals surface area contributed by atoms with Crippen molar-refractivity contribution < 1.29 is 19.4 Å². The van der Waals surface area contributed by atoms with Crippen molar-refractivity contribution in [2.24, 2.45) is 0 Å². The fourth-order valence-electron chi connectivity index (χ4n) is 1.15. The van der Waals surface area contributed by atoms with Gasteiger partial charge >= 0.3 is 5.97 Å². The van der Waals surface area contributed by atoms with E-state index >= 15 is 0 Å². The van der Waals surface area contributed by atoms with Crippen molar-refractivity contribution in [3.8, 4) is 0 Å². The van der Waals surface area contributed by atoms with Crippen LogP contribution >= 0.6 is 15.9 Å². The molecule has 0 atom stereocenters. The van der Waals surface area contributed by atoms with E-state index in [1.54, 1.807) is 6.07 Å². The maximum absolute atomic E-state index is 11.4. The number of hydrogen-bond donors (Lipinski definition) is 2. The second-order valence-electron chi connectivity index (χ2n) is 3.39. The molecule has 0 spiro atoms. The van der Waals surface area contributed by atoms with Crippen LogP contribution in [-0.2, 0) is 14.3 Å². The van der Waals surface area contributed by atoms with Crippen molar-refractivity contribution in [1.29, 1.82) is 0 Å². The summed E-state index contributed by atoms with van der Waals surface area (Å²) in [4.78, 5) is 21.6. The van der Waals surface area contributed by atoms with Gasteiger partial charge in [0.1, 0.15) is 13.2 Å². The first-order valence-electron chi connectivity index (χ1n) is 4.84. The summed E-state index contributed by atoms with van der Waals surface area (Å²) in [5, 5.41) is 11.0. The van der Waals surface area contributed by atoms with Gasteiger partial charge in [0.15, 0.2) is 0 Å². The van der Waals surface area contributed by atoms with E-state index in [4.69, 9.17) is 5.11 Å². The molecule has 0 unspecified atom stereocenters. The van der Waals surface area contributed by atoms with Gasteiger partial charge in [0, 0.05) is 10.2 Å². The SMILES string of the molecule is Cc1ccc(Br)cc1NC(=O)COCC(=O)O. The van der Waals surface area contributed by atoms with Crippen molar-refractivity contribution >= 4 is 33.5 Å². The van der Waals surface area contributed by atoms with Gasteiger partial charge in [-0.25, -0.2) is 4.79 Å². The number of aliphatic carboxylic acids is 1. The molecule has 1 aromatic carbocycles. The Morgan fingerprint density at radius 3 is 2.76 bits per heavy atom. The minimum atomic E-state index is -1.10. The van der Waals surface area contributed by atoms with Gasteiger partial charge in [0.25, 0.3) is 0 Å². The Kier molecular flexibility index (Phi) is 5.11. The van der Waals surface area contributed by atoms with E-state index in [1.165, 1.54) is 0 Å². The van der Waals surface area contributed by atoms with Crippen molar-refractivity contribution in [2.45, 2.75) is 6.92 Å². The normalized spacial score (nSPS) is 10.0. The highest BCUT2D eigenvalue weighted by atomic mass is 79.9. The van der Waals surface area contributed by atoms with Gasteiger partial charge in [-0.3, -0.25) is 4.79 Å². The lowest BCUT2D eigenvalue weighted by Gasteiger charge is -2.08. The number of nitrogens with one attached hydrogen (secondary N) is 1. The molecule has 6 heteroatoms. The molecule has 0 bridgehead atoms. The lowest BCUT2D eigenvalue weighted by molar-refractivity contribution is -0.143. The second-order valence-corrected chi connectivity index (χ2v) is 4.31. The molecule has 1 amide bonds. The summed E-state index contributed by atoms with van der Waals surface area (Å²) in [5.74, 6) is -1.48. The molecule has 0 radical (unpaired) electrons. The number of ether oxygens (including phenoxy) is 1. The Morgan fingerprint density at radius 1 is 1.41 bits per heavy atom. The fraction of sp³-hybridized carbons (Fsp3) is 0.273. The van der Waals surface area contributed by atoms with Crippen molar-refractivity contribution in [3.63, 3.8) is 0 Å². The molecular weight excluding hydrogens is 290 g/mol. The number of rotatable bonds is 5. The van der Waals surface area contributed by atoms with E-state index in [0.717, 1.165) is 10.0 Å². The molecule has 17 heavy (non-hydrogen) atoms. The first-order valence-corrected chi connectivity index (χ1v) is 5.64. The van der Waals surface area contributed by atoms with Crippen molar-refractivity contribution in [2.75, 3.05) is 18.5 Å². The van der Waals surface area contributed by atoms with E-state index < -0.39 is 12.6 Å². The number of anilines is 1. The highest BCUT2D eigenvalue weighted by Crippen LogP contribution is 2.20. The van der Waals surface area contributed by atoms with Crippen LogP contribution in [0.4, 0.5) is 5.69 Å². The summed E-state index contributed by atoms with van der Waals surface area (Å²) < 4.78 is 5.53. The number of amides is 1. The minimum absolute atomic E-state index is 0.280. The quantitative estimate of drug-likeness (QED) is 0.869. The summed E-state index contributed by atoms with van der Waals surface area (Å²) in [5.41, 5.74) is 1.59. The predicted molar refractivity (Wildman–Crippen MR) is 66.0 cm³/mol. The zero-order valence-electron chi connectivity index (χ0n) is 9.20. The number of hydrogen-bond acceptors (Lipinski definition) is 3. The number of carboxylic acids is 1. The lowest BCUT2D eigenvalue weighted by atomic mass is 10.2. The number of carboxylic acid groups (broad SMARTS) is 1. The van der Waals surface area contributed by atoms with Crippen LogP contribution in [0.15, 0.2) is 22.7 Å². The van der Waals surface area contributed by atoms with Crippen LogP contribution in [-0.4, -0.2) is 30.2 Å². The molecule has 0 fully saturated rings. The number of benzene rings is 1.